The van der Waals surface area contributed by atoms with Gasteiger partial charge in [0.1, 0.15) is 23.1 Å². The summed E-state index contributed by atoms with van der Waals surface area (Å²) < 4.78 is 11.4. The molecule has 0 saturated carbocycles. The lowest BCUT2D eigenvalue weighted by molar-refractivity contribution is 0.0697. The van der Waals surface area contributed by atoms with Gasteiger partial charge in [-0.15, -0.1) is 0 Å². The first-order valence-electron chi connectivity index (χ1n) is 9.84. The number of rotatable bonds is 7. The Hall–Kier alpha value is -4.06. The molecule has 1 heterocycles. The summed E-state index contributed by atoms with van der Waals surface area (Å²) in [5.41, 5.74) is 1.21. The lowest BCUT2D eigenvalue weighted by atomic mass is 10.1. The number of nitrogens with zero attached hydrogens (tertiary/aromatic N) is 1. The molecule has 1 atom stereocenters. The number of benzene rings is 3. The number of aromatic carboxylic acids is 1. The van der Waals surface area contributed by atoms with Crippen LogP contribution in [0.3, 0.4) is 0 Å². The van der Waals surface area contributed by atoms with Gasteiger partial charge in [0.2, 0.25) is 0 Å². The van der Waals surface area contributed by atoms with E-state index < -0.39 is 5.97 Å². The van der Waals surface area contributed by atoms with Crippen molar-refractivity contribution in [2.75, 3.05) is 12.4 Å². The van der Waals surface area contributed by atoms with E-state index in [9.17, 15) is 4.79 Å². The van der Waals surface area contributed by atoms with E-state index in [1.807, 2.05) is 55.5 Å². The molecule has 0 unspecified atom stereocenters. The molecule has 0 aliphatic carbocycles. The number of nitrogens with one attached hydrogen (secondary N) is 1. The fourth-order valence-electron chi connectivity index (χ4n) is 3.37. The van der Waals surface area contributed by atoms with Crippen LogP contribution in [0.5, 0.6) is 17.2 Å². The molecule has 0 fully saturated rings. The molecular weight excluding hydrogens is 392 g/mol. The maximum absolute atomic E-state index is 11.1. The Morgan fingerprint density at radius 3 is 2.35 bits per heavy atom. The van der Waals surface area contributed by atoms with Gasteiger partial charge in [0, 0.05) is 12.2 Å². The van der Waals surface area contributed by atoms with E-state index in [0.717, 1.165) is 22.1 Å². The topological polar surface area (TPSA) is 80.7 Å². The lowest BCUT2D eigenvalue weighted by Gasteiger charge is -2.18. The Morgan fingerprint density at radius 2 is 1.68 bits per heavy atom. The highest BCUT2D eigenvalue weighted by atomic mass is 16.5. The average Bonchev–Trinajstić information content (AvgIpc) is 2.80. The quantitative estimate of drug-likeness (QED) is 0.391. The molecule has 6 heteroatoms. The molecule has 2 N–H and O–H groups in total. The number of ether oxygens (including phenoxy) is 2. The van der Waals surface area contributed by atoms with Crippen molar-refractivity contribution in [3.63, 3.8) is 0 Å². The monoisotopic (exact) mass is 414 g/mol. The van der Waals surface area contributed by atoms with E-state index in [0.29, 0.717) is 17.3 Å². The van der Waals surface area contributed by atoms with Crippen molar-refractivity contribution < 1.29 is 19.4 Å². The number of anilines is 1. The Bertz CT molecular complexity index is 1200. The molecule has 0 aliphatic rings. The second-order valence-electron chi connectivity index (χ2n) is 7.08. The van der Waals surface area contributed by atoms with Crippen molar-refractivity contribution in [3.8, 4) is 17.2 Å². The number of pyridine rings is 1. The summed E-state index contributed by atoms with van der Waals surface area (Å²) in [6, 6.07) is 21.9. The van der Waals surface area contributed by atoms with Crippen molar-refractivity contribution >= 4 is 22.6 Å². The number of aromatic nitrogens is 1. The molecule has 0 amide bonds. The molecule has 1 aromatic heterocycles. The van der Waals surface area contributed by atoms with Gasteiger partial charge in [-0.2, -0.15) is 0 Å². The summed E-state index contributed by atoms with van der Waals surface area (Å²) in [4.78, 5) is 15.6. The minimum Gasteiger partial charge on any atom is -0.497 e. The molecule has 0 saturated heterocycles. The van der Waals surface area contributed by atoms with Gasteiger partial charge in [-0.3, -0.25) is 0 Å². The molecule has 4 rings (SSSR count). The second kappa shape index (κ2) is 8.75. The molecule has 0 aliphatic heterocycles. The molecule has 4 aromatic rings. The van der Waals surface area contributed by atoms with Gasteiger partial charge in [-0.05, 0) is 66.4 Å². The third-order valence-corrected chi connectivity index (χ3v) is 5.05. The zero-order valence-electron chi connectivity index (χ0n) is 17.2. The van der Waals surface area contributed by atoms with Crippen LogP contribution < -0.4 is 14.8 Å². The molecule has 6 nitrogen and oxygen atoms in total. The summed E-state index contributed by atoms with van der Waals surface area (Å²) in [5.74, 6) is 1.89. The normalized spacial score (nSPS) is 11.7. The van der Waals surface area contributed by atoms with Gasteiger partial charge in [-0.25, -0.2) is 9.78 Å². The summed E-state index contributed by atoms with van der Waals surface area (Å²) in [6.45, 7) is 2.00. The van der Waals surface area contributed by atoms with E-state index in [4.69, 9.17) is 14.6 Å². The number of hydrogen-bond acceptors (Lipinski definition) is 5. The van der Waals surface area contributed by atoms with Gasteiger partial charge in [0.25, 0.3) is 0 Å². The number of hydrogen-bond donors (Lipinski definition) is 2. The van der Waals surface area contributed by atoms with Crippen molar-refractivity contribution in [3.05, 3.63) is 90.1 Å². The van der Waals surface area contributed by atoms with Gasteiger partial charge >= 0.3 is 5.97 Å². The first-order chi connectivity index (χ1) is 15.0. The Morgan fingerprint density at radius 1 is 0.968 bits per heavy atom. The zero-order chi connectivity index (χ0) is 21.8. The maximum atomic E-state index is 11.1. The zero-order valence-corrected chi connectivity index (χ0v) is 17.2. The van der Waals surface area contributed by atoms with Gasteiger partial charge in [-0.1, -0.05) is 24.3 Å². The third-order valence-electron chi connectivity index (χ3n) is 5.05. The molecule has 0 spiro atoms. The Kier molecular flexibility index (Phi) is 5.71. The number of fused-ring (bicyclic) bond motifs is 1. The Balaban J connectivity index is 1.65. The first kappa shape index (κ1) is 20.2. The van der Waals surface area contributed by atoms with Crippen LogP contribution in [0.1, 0.15) is 28.9 Å². The highest BCUT2D eigenvalue weighted by molar-refractivity contribution is 5.97. The number of methoxy groups -OCH3 is 1. The van der Waals surface area contributed by atoms with Crippen LogP contribution in [-0.4, -0.2) is 23.2 Å². The standard InChI is InChI=1S/C25H22N2O4/c1-16(17-6-8-19(9-7-17)25(28)29)27-24-23-18(14-15-26-24)4-3-5-22(23)31-21-12-10-20(30-2)11-13-21/h3-16H,1-2H3,(H,26,27)(H,28,29)/t16-/m0/s1. The van der Waals surface area contributed by atoms with Crippen LogP contribution >= 0.6 is 0 Å². The van der Waals surface area contributed by atoms with Crippen LogP contribution in [0.25, 0.3) is 10.8 Å². The van der Waals surface area contributed by atoms with Crippen molar-refractivity contribution in [2.45, 2.75) is 13.0 Å². The van der Waals surface area contributed by atoms with E-state index in [2.05, 4.69) is 10.3 Å². The number of carbonyl (C=O) groups is 1. The highest BCUT2D eigenvalue weighted by Crippen LogP contribution is 2.35. The predicted molar refractivity (Wildman–Crippen MR) is 120 cm³/mol. The smallest absolute Gasteiger partial charge is 0.335 e. The number of carboxylic acid groups (broad SMARTS) is 1. The van der Waals surface area contributed by atoms with Crippen LogP contribution in [0.2, 0.25) is 0 Å². The van der Waals surface area contributed by atoms with E-state index in [1.54, 1.807) is 37.6 Å². The van der Waals surface area contributed by atoms with Crippen molar-refractivity contribution in [1.82, 2.24) is 4.98 Å². The van der Waals surface area contributed by atoms with E-state index >= 15 is 0 Å². The SMILES string of the molecule is COc1ccc(Oc2cccc3ccnc(N[C@@H](C)c4ccc(C(=O)O)cc4)c23)cc1. The first-order valence-corrected chi connectivity index (χ1v) is 9.84. The second-order valence-corrected chi connectivity index (χ2v) is 7.08. The van der Waals surface area contributed by atoms with Crippen LogP contribution in [0.15, 0.2) is 79.0 Å². The summed E-state index contributed by atoms with van der Waals surface area (Å²) in [6.07, 6.45) is 1.75. The fourth-order valence-corrected chi connectivity index (χ4v) is 3.37. The highest BCUT2D eigenvalue weighted by Gasteiger charge is 2.14. The Labute approximate surface area is 180 Å². The van der Waals surface area contributed by atoms with E-state index in [-0.39, 0.29) is 11.6 Å². The van der Waals surface area contributed by atoms with Crippen LogP contribution in [-0.2, 0) is 0 Å². The lowest BCUT2D eigenvalue weighted by Crippen LogP contribution is -2.09. The van der Waals surface area contributed by atoms with E-state index in [1.165, 1.54) is 0 Å². The number of carboxylic acids is 1. The molecule has 0 bridgehead atoms. The minimum absolute atomic E-state index is 0.0880. The van der Waals surface area contributed by atoms with Crippen LogP contribution in [0, 0.1) is 0 Å². The van der Waals surface area contributed by atoms with Gasteiger partial charge < -0.3 is 19.9 Å². The van der Waals surface area contributed by atoms with Crippen LogP contribution in [0.4, 0.5) is 5.82 Å². The molecule has 0 radical (unpaired) electrons. The molecule has 31 heavy (non-hydrogen) atoms. The predicted octanol–water partition coefficient (Wildman–Crippen LogP) is 5.91. The third kappa shape index (κ3) is 4.43. The van der Waals surface area contributed by atoms with Crippen molar-refractivity contribution in [2.24, 2.45) is 0 Å². The summed E-state index contributed by atoms with van der Waals surface area (Å²) >= 11 is 0. The van der Waals surface area contributed by atoms with Gasteiger partial charge in [0.05, 0.1) is 18.1 Å². The maximum Gasteiger partial charge on any atom is 0.335 e. The molecule has 156 valence electrons. The van der Waals surface area contributed by atoms with Crippen molar-refractivity contribution in [1.29, 1.82) is 0 Å². The summed E-state index contributed by atoms with van der Waals surface area (Å²) in [7, 11) is 1.63. The summed E-state index contributed by atoms with van der Waals surface area (Å²) in [5, 5.41) is 14.4. The minimum atomic E-state index is -0.941. The fraction of sp³-hybridized carbons (Fsp3) is 0.120. The largest absolute Gasteiger partial charge is 0.497 e. The van der Waals surface area contributed by atoms with Gasteiger partial charge in [0.15, 0.2) is 0 Å². The molecular formula is C25H22N2O4. The molecule has 3 aromatic carbocycles. The average molecular weight is 414 g/mol.